The molecular formula is C31H35NO15. The predicted octanol–water partition coefficient (Wildman–Crippen LogP) is 0.662. The summed E-state index contributed by atoms with van der Waals surface area (Å²) < 4.78 is 38.2. The van der Waals surface area contributed by atoms with E-state index in [1.54, 1.807) is 13.8 Å². The molecule has 0 aromatic heterocycles. The van der Waals surface area contributed by atoms with E-state index in [4.69, 9.17) is 33.2 Å². The van der Waals surface area contributed by atoms with Gasteiger partial charge < -0.3 is 33.2 Å². The van der Waals surface area contributed by atoms with Crippen LogP contribution < -0.4 is 0 Å². The summed E-state index contributed by atoms with van der Waals surface area (Å²) in [4.78, 5) is 103. The predicted molar refractivity (Wildman–Crippen MR) is 152 cm³/mol. The molecule has 0 spiro atoms. The first-order valence-corrected chi connectivity index (χ1v) is 14.7. The molecule has 16 nitrogen and oxygen atoms in total. The van der Waals surface area contributed by atoms with Gasteiger partial charge in [0.2, 0.25) is 6.10 Å². The molecule has 1 aromatic rings. The van der Waals surface area contributed by atoms with Crippen LogP contribution >= 0.6 is 0 Å². The van der Waals surface area contributed by atoms with Crippen molar-refractivity contribution in [2.45, 2.75) is 90.6 Å². The molecule has 3 aliphatic rings. The molecule has 2 amide bonds. The number of benzene rings is 1. The van der Waals surface area contributed by atoms with Gasteiger partial charge in [0.15, 0.2) is 18.3 Å². The number of hydrogen-bond donors (Lipinski definition) is 0. The van der Waals surface area contributed by atoms with Crippen LogP contribution in [0.5, 0.6) is 0 Å². The van der Waals surface area contributed by atoms with Crippen LogP contribution in [0.2, 0.25) is 0 Å². The molecule has 16 heteroatoms. The van der Waals surface area contributed by atoms with E-state index < -0.39 is 109 Å². The van der Waals surface area contributed by atoms with E-state index >= 15 is 0 Å². The van der Waals surface area contributed by atoms with Crippen molar-refractivity contribution >= 4 is 47.6 Å². The fourth-order valence-corrected chi connectivity index (χ4v) is 5.66. The van der Waals surface area contributed by atoms with E-state index in [0.717, 1.165) is 27.7 Å². The van der Waals surface area contributed by atoms with Crippen LogP contribution in [0, 0.1) is 5.41 Å². The van der Waals surface area contributed by atoms with Gasteiger partial charge in [0.25, 0.3) is 11.8 Å². The lowest BCUT2D eigenvalue weighted by atomic mass is 9.89. The molecule has 3 aliphatic heterocycles. The zero-order chi connectivity index (χ0) is 34.8. The van der Waals surface area contributed by atoms with Crippen LogP contribution in [0.4, 0.5) is 0 Å². The van der Waals surface area contributed by atoms with Gasteiger partial charge in [-0.2, -0.15) is 0 Å². The Balaban J connectivity index is 1.79. The maximum absolute atomic E-state index is 14.0. The normalized spacial score (nSPS) is 26.9. The van der Waals surface area contributed by atoms with E-state index in [0.29, 0.717) is 4.90 Å². The average molecular weight is 662 g/mol. The molecule has 1 aromatic carbocycles. The molecule has 4 rings (SSSR count). The lowest BCUT2D eigenvalue weighted by molar-refractivity contribution is -0.254. The molecule has 47 heavy (non-hydrogen) atoms. The minimum absolute atomic E-state index is 0.00236. The van der Waals surface area contributed by atoms with Crippen LogP contribution in [-0.2, 0) is 61.9 Å². The number of esters is 6. The second kappa shape index (κ2) is 13.9. The third-order valence-corrected chi connectivity index (χ3v) is 7.70. The van der Waals surface area contributed by atoms with Crippen molar-refractivity contribution in [2.75, 3.05) is 13.2 Å². The fraction of sp³-hybridized carbons (Fsp3) is 0.548. The van der Waals surface area contributed by atoms with Crippen molar-refractivity contribution in [1.29, 1.82) is 0 Å². The van der Waals surface area contributed by atoms with E-state index in [2.05, 4.69) is 0 Å². The van der Waals surface area contributed by atoms with Crippen molar-refractivity contribution in [3.8, 4) is 0 Å². The maximum atomic E-state index is 14.0. The highest BCUT2D eigenvalue weighted by Crippen LogP contribution is 2.36. The van der Waals surface area contributed by atoms with Gasteiger partial charge in [-0.05, 0) is 12.1 Å². The molecule has 2 saturated heterocycles. The average Bonchev–Trinajstić information content (AvgIpc) is 3.38. The summed E-state index contributed by atoms with van der Waals surface area (Å²) in [6, 6.07) is 4.04. The van der Waals surface area contributed by atoms with Gasteiger partial charge >= 0.3 is 35.8 Å². The van der Waals surface area contributed by atoms with E-state index in [1.165, 1.54) is 24.3 Å². The molecule has 7 atom stereocenters. The van der Waals surface area contributed by atoms with Crippen molar-refractivity contribution in [2.24, 2.45) is 5.41 Å². The number of amides is 2. The van der Waals surface area contributed by atoms with Crippen LogP contribution in [0.25, 0.3) is 0 Å². The fourth-order valence-electron chi connectivity index (χ4n) is 5.66. The number of cyclic esters (lactones) is 1. The summed E-state index contributed by atoms with van der Waals surface area (Å²) in [6.45, 7) is 6.87. The highest BCUT2D eigenvalue weighted by Gasteiger charge is 2.55. The molecule has 0 aliphatic carbocycles. The highest BCUT2D eigenvalue weighted by molar-refractivity contribution is 6.22. The lowest BCUT2D eigenvalue weighted by Gasteiger charge is -2.45. The SMILES string of the molecule is CC(=O)OC[C@H]1O[C@H](C[C@@H](C(=O)O[C@@H]2C(=O)OCC2(C)C)N2C(=O)c3ccccc3C2=O)[C@H](OC(C)=O)[C@@H](OC(C)=O)[C@@H]1OC(C)=O. The zero-order valence-electron chi connectivity index (χ0n) is 26.5. The van der Waals surface area contributed by atoms with Gasteiger partial charge in [-0.3, -0.25) is 33.7 Å². The van der Waals surface area contributed by atoms with Crippen molar-refractivity contribution < 1.29 is 71.5 Å². The standard InChI is InChI=1S/C31H35NO15/c1-14(33)41-12-22-24(44-16(3)35)25(45-17(4)36)23(43-15(2)34)21(46-22)11-20(29(39)47-26-30(40)42-13-31(26,5)6)32-27(37)18-9-7-8-10-19(18)28(32)38/h7-10,20-26H,11-13H2,1-6H3/t20-,21+,22+,23-,24+,25+,26+/m0/s1. The molecule has 0 unspecified atom stereocenters. The van der Waals surface area contributed by atoms with Gasteiger partial charge in [-0.25, -0.2) is 9.59 Å². The Morgan fingerprint density at radius 2 is 1.30 bits per heavy atom. The number of ether oxygens (including phenoxy) is 7. The second-order valence-electron chi connectivity index (χ2n) is 11.9. The summed E-state index contributed by atoms with van der Waals surface area (Å²) in [5.41, 5.74) is -0.969. The molecule has 254 valence electrons. The van der Waals surface area contributed by atoms with Crippen LogP contribution in [0.1, 0.15) is 68.7 Å². The van der Waals surface area contributed by atoms with Gasteiger partial charge in [0.05, 0.1) is 11.1 Å². The van der Waals surface area contributed by atoms with Gasteiger partial charge in [-0.1, -0.05) is 26.0 Å². The molecule has 0 saturated carbocycles. The molecule has 2 fully saturated rings. The second-order valence-corrected chi connectivity index (χ2v) is 11.9. The van der Waals surface area contributed by atoms with Crippen LogP contribution in [-0.4, -0.2) is 108 Å². The van der Waals surface area contributed by atoms with Crippen LogP contribution in [0.3, 0.4) is 0 Å². The summed E-state index contributed by atoms with van der Waals surface area (Å²) in [6.07, 6.45) is -9.51. The third kappa shape index (κ3) is 7.59. The number of carbonyl (C=O) groups is 8. The zero-order valence-corrected chi connectivity index (χ0v) is 26.5. The summed E-state index contributed by atoms with van der Waals surface area (Å²) in [5, 5.41) is 0. The van der Waals surface area contributed by atoms with Crippen molar-refractivity contribution in [3.63, 3.8) is 0 Å². The van der Waals surface area contributed by atoms with E-state index in [9.17, 15) is 38.4 Å². The highest BCUT2D eigenvalue weighted by atomic mass is 16.7. The first-order valence-electron chi connectivity index (χ1n) is 14.7. The number of rotatable bonds is 10. The first-order chi connectivity index (χ1) is 22.0. The molecule has 3 heterocycles. The number of fused-ring (bicyclic) bond motifs is 1. The van der Waals surface area contributed by atoms with E-state index in [-0.39, 0.29) is 17.7 Å². The quantitative estimate of drug-likeness (QED) is 0.192. The summed E-state index contributed by atoms with van der Waals surface area (Å²) in [5.74, 6) is -7.09. The molecule has 0 radical (unpaired) electrons. The number of hydrogen-bond acceptors (Lipinski definition) is 15. The minimum Gasteiger partial charge on any atom is -0.463 e. The topological polar surface area (TPSA) is 204 Å². The third-order valence-electron chi connectivity index (χ3n) is 7.70. The molecule has 0 N–H and O–H groups in total. The summed E-state index contributed by atoms with van der Waals surface area (Å²) in [7, 11) is 0. The lowest BCUT2D eigenvalue weighted by Crippen LogP contribution is -2.63. The Kier molecular flexibility index (Phi) is 10.3. The Labute approximate surface area is 268 Å². The Morgan fingerprint density at radius 1 is 0.787 bits per heavy atom. The Hall–Kier alpha value is -4.86. The van der Waals surface area contributed by atoms with Crippen LogP contribution in [0.15, 0.2) is 24.3 Å². The maximum Gasteiger partial charge on any atom is 0.348 e. The number of nitrogens with zero attached hydrogens (tertiary/aromatic N) is 1. The Morgan fingerprint density at radius 3 is 1.77 bits per heavy atom. The smallest absolute Gasteiger partial charge is 0.348 e. The summed E-state index contributed by atoms with van der Waals surface area (Å²) >= 11 is 0. The Bertz CT molecular complexity index is 1450. The first kappa shape index (κ1) is 35.0. The largest absolute Gasteiger partial charge is 0.463 e. The van der Waals surface area contributed by atoms with Gasteiger partial charge in [-0.15, -0.1) is 0 Å². The van der Waals surface area contributed by atoms with Gasteiger partial charge in [0.1, 0.15) is 31.5 Å². The van der Waals surface area contributed by atoms with Gasteiger partial charge in [0, 0.05) is 39.5 Å². The van der Waals surface area contributed by atoms with E-state index in [1.807, 2.05) is 0 Å². The van der Waals surface area contributed by atoms with Crippen molar-refractivity contribution in [3.05, 3.63) is 35.4 Å². The number of imide groups is 1. The minimum atomic E-state index is -1.80. The monoisotopic (exact) mass is 661 g/mol. The molecule has 0 bridgehead atoms. The number of carbonyl (C=O) groups excluding carboxylic acids is 8. The van der Waals surface area contributed by atoms with Crippen molar-refractivity contribution in [1.82, 2.24) is 4.90 Å². The molecular weight excluding hydrogens is 626 g/mol.